The van der Waals surface area contributed by atoms with Crippen LogP contribution in [0, 0.1) is 5.92 Å². The fraction of sp³-hybridized carbons (Fsp3) is 0.833. The first-order valence-electron chi connectivity index (χ1n) is 5.62. The van der Waals surface area contributed by atoms with Gasteiger partial charge < -0.3 is 0 Å². The minimum absolute atomic E-state index is 0.0129. The average Bonchev–Trinajstić information content (AvgIpc) is 2.19. The van der Waals surface area contributed by atoms with Crippen LogP contribution in [-0.2, 0) is 9.59 Å². The topological polar surface area (TPSA) is 34.1 Å². The molecule has 0 rings (SSSR count). The molecule has 0 N–H and O–H groups in total. The van der Waals surface area contributed by atoms with Crippen LogP contribution in [0.1, 0.15) is 55.4 Å². The molecule has 92 valence electrons. The molecular formula is C12H26O2S. The van der Waals surface area contributed by atoms with Crippen LogP contribution in [0.3, 0.4) is 0 Å². The van der Waals surface area contributed by atoms with Crippen molar-refractivity contribution in [1.82, 2.24) is 0 Å². The van der Waals surface area contributed by atoms with Gasteiger partial charge in [-0.05, 0) is 12.8 Å². The number of ketones is 1. The molecule has 0 aliphatic rings. The molecule has 0 amide bonds. The quantitative estimate of drug-likeness (QED) is 0.742. The third-order valence-corrected chi connectivity index (χ3v) is 2.76. The Bertz CT molecular complexity index is 165. The molecular weight excluding hydrogens is 208 g/mol. The largest absolute Gasteiger partial charge is 0.299 e. The first kappa shape index (κ1) is 20.1. The van der Waals surface area contributed by atoms with E-state index in [4.69, 9.17) is 0 Å². The van der Waals surface area contributed by atoms with E-state index in [1.165, 1.54) is 13.8 Å². The van der Waals surface area contributed by atoms with Crippen LogP contribution in [0.5, 0.6) is 0 Å². The van der Waals surface area contributed by atoms with E-state index >= 15 is 0 Å². The third kappa shape index (κ3) is 13.7. The van der Waals surface area contributed by atoms with Crippen LogP contribution in [0.4, 0.5) is 0 Å². The number of hydrogen-bond acceptors (Lipinski definition) is 3. The summed E-state index contributed by atoms with van der Waals surface area (Å²) in [7, 11) is 0. The van der Waals surface area contributed by atoms with E-state index in [1.807, 2.05) is 41.5 Å². The lowest BCUT2D eigenvalue weighted by Gasteiger charge is -2.14. The van der Waals surface area contributed by atoms with Gasteiger partial charge in [0.2, 0.25) is 0 Å². The van der Waals surface area contributed by atoms with Crippen molar-refractivity contribution in [3.8, 4) is 0 Å². The van der Waals surface area contributed by atoms with E-state index in [9.17, 15) is 9.59 Å². The normalized spacial score (nSPS) is 10.5. The van der Waals surface area contributed by atoms with Crippen LogP contribution in [0.15, 0.2) is 0 Å². The summed E-state index contributed by atoms with van der Waals surface area (Å²) in [5.41, 5.74) is 0. The van der Waals surface area contributed by atoms with Gasteiger partial charge in [0.25, 0.3) is 0 Å². The molecule has 0 saturated heterocycles. The van der Waals surface area contributed by atoms with Crippen molar-refractivity contribution in [1.29, 1.82) is 0 Å². The third-order valence-electron chi connectivity index (χ3n) is 1.30. The van der Waals surface area contributed by atoms with E-state index in [2.05, 4.69) is 0 Å². The minimum atomic E-state index is -0.160. The summed E-state index contributed by atoms with van der Waals surface area (Å²) in [6, 6.07) is 0. The monoisotopic (exact) mass is 234 g/mol. The first-order chi connectivity index (χ1) is 6.95. The van der Waals surface area contributed by atoms with Gasteiger partial charge in [0.1, 0.15) is 5.78 Å². The van der Waals surface area contributed by atoms with Gasteiger partial charge >= 0.3 is 0 Å². The van der Waals surface area contributed by atoms with Crippen molar-refractivity contribution >= 4 is 22.7 Å². The second-order valence-electron chi connectivity index (χ2n) is 2.88. The molecule has 0 aromatic heterocycles. The van der Waals surface area contributed by atoms with Gasteiger partial charge in [-0.3, -0.25) is 9.59 Å². The van der Waals surface area contributed by atoms with Crippen molar-refractivity contribution < 1.29 is 9.59 Å². The predicted molar refractivity (Wildman–Crippen MR) is 70.3 cm³/mol. The molecule has 0 saturated carbocycles. The number of rotatable bonds is 3. The summed E-state index contributed by atoms with van der Waals surface area (Å²) in [6.07, 6.45) is 0. The number of carbonyl (C=O) groups excluding carboxylic acids is 2. The Kier molecular flexibility index (Phi) is 18.4. The maximum Gasteiger partial charge on any atom is 0.186 e. The SMILES string of the molecule is CC.CC.CC(=O)SC(C(C)=O)C(C)C. The molecule has 0 radical (unpaired) electrons. The lowest BCUT2D eigenvalue weighted by Crippen LogP contribution is -2.21. The Morgan fingerprint density at radius 2 is 1.27 bits per heavy atom. The lowest BCUT2D eigenvalue weighted by atomic mass is 10.1. The molecule has 0 aromatic rings. The number of thioether (sulfide) groups is 1. The highest BCUT2D eigenvalue weighted by Gasteiger charge is 2.20. The molecule has 0 fully saturated rings. The van der Waals surface area contributed by atoms with Crippen LogP contribution in [0.25, 0.3) is 0 Å². The molecule has 1 unspecified atom stereocenters. The minimum Gasteiger partial charge on any atom is -0.299 e. The predicted octanol–water partition coefficient (Wildman–Crippen LogP) is 3.93. The Morgan fingerprint density at radius 3 is 1.33 bits per heavy atom. The second kappa shape index (κ2) is 13.7. The molecule has 0 aliphatic heterocycles. The number of hydrogen-bond donors (Lipinski definition) is 0. The van der Waals surface area contributed by atoms with Crippen molar-refractivity contribution in [3.63, 3.8) is 0 Å². The molecule has 2 nitrogen and oxygen atoms in total. The van der Waals surface area contributed by atoms with E-state index in [1.54, 1.807) is 0 Å². The standard InChI is InChI=1S/C8H14O2S.2C2H6/c1-5(2)8(6(3)9)11-7(4)10;2*1-2/h5,8H,1-4H3;2*1-2H3. The van der Waals surface area contributed by atoms with Gasteiger partial charge in [0.15, 0.2) is 5.12 Å². The van der Waals surface area contributed by atoms with E-state index in [0.717, 1.165) is 11.8 Å². The van der Waals surface area contributed by atoms with Gasteiger partial charge in [-0.15, -0.1) is 0 Å². The summed E-state index contributed by atoms with van der Waals surface area (Å²) in [5, 5.41) is -0.147. The first-order valence-corrected chi connectivity index (χ1v) is 6.50. The van der Waals surface area contributed by atoms with Gasteiger partial charge in [-0.1, -0.05) is 53.3 Å². The molecule has 0 aromatic carbocycles. The van der Waals surface area contributed by atoms with Gasteiger partial charge in [-0.2, -0.15) is 0 Å². The molecule has 0 bridgehead atoms. The van der Waals surface area contributed by atoms with Crippen LogP contribution < -0.4 is 0 Å². The van der Waals surface area contributed by atoms with Crippen molar-refractivity contribution in [2.45, 2.75) is 60.6 Å². The molecule has 0 heterocycles. The van der Waals surface area contributed by atoms with E-state index < -0.39 is 0 Å². The fourth-order valence-electron chi connectivity index (χ4n) is 0.867. The smallest absolute Gasteiger partial charge is 0.186 e. The molecule has 0 aliphatic carbocycles. The summed E-state index contributed by atoms with van der Waals surface area (Å²) >= 11 is 1.13. The molecule has 1 atom stereocenters. The van der Waals surface area contributed by atoms with E-state index in [0.29, 0.717) is 0 Å². The Labute approximate surface area is 99.2 Å². The second-order valence-corrected chi connectivity index (χ2v) is 4.20. The molecule has 3 heteroatoms. The average molecular weight is 234 g/mol. The van der Waals surface area contributed by atoms with Crippen LogP contribution in [0.2, 0.25) is 0 Å². The summed E-state index contributed by atoms with van der Waals surface area (Å²) in [5.74, 6) is 0.321. The van der Waals surface area contributed by atoms with Gasteiger partial charge in [0, 0.05) is 6.92 Å². The van der Waals surface area contributed by atoms with Crippen molar-refractivity contribution in [2.75, 3.05) is 0 Å². The Balaban J connectivity index is -0.000000318. The maximum atomic E-state index is 10.9. The highest BCUT2D eigenvalue weighted by molar-refractivity contribution is 8.14. The van der Waals surface area contributed by atoms with Gasteiger partial charge in [-0.25, -0.2) is 0 Å². The van der Waals surface area contributed by atoms with Crippen LogP contribution >= 0.6 is 11.8 Å². The zero-order valence-electron chi connectivity index (χ0n) is 11.4. The van der Waals surface area contributed by atoms with Gasteiger partial charge in [0.05, 0.1) is 5.25 Å². The van der Waals surface area contributed by atoms with Crippen molar-refractivity contribution in [3.05, 3.63) is 0 Å². The summed E-state index contributed by atoms with van der Waals surface area (Å²) in [4.78, 5) is 21.6. The zero-order chi connectivity index (χ0) is 13.0. The maximum absolute atomic E-state index is 10.9. The molecule has 15 heavy (non-hydrogen) atoms. The van der Waals surface area contributed by atoms with E-state index in [-0.39, 0.29) is 22.1 Å². The van der Waals surface area contributed by atoms with Crippen molar-refractivity contribution in [2.24, 2.45) is 5.92 Å². The fourth-order valence-corrected chi connectivity index (χ4v) is 1.66. The lowest BCUT2D eigenvalue weighted by molar-refractivity contribution is -0.117. The summed E-state index contributed by atoms with van der Waals surface area (Å²) < 4.78 is 0. The van der Waals surface area contributed by atoms with Crippen LogP contribution in [-0.4, -0.2) is 16.1 Å². The summed E-state index contributed by atoms with van der Waals surface area (Å²) in [6.45, 7) is 14.9. The highest BCUT2D eigenvalue weighted by atomic mass is 32.2. The zero-order valence-corrected chi connectivity index (χ0v) is 12.2. The molecule has 0 spiro atoms. The number of Topliss-reactive ketones (excluding diaryl/α,β-unsaturated/α-hetero) is 1. The Hall–Kier alpha value is -0.310. The number of carbonyl (C=O) groups is 2. The highest BCUT2D eigenvalue weighted by Crippen LogP contribution is 2.20. The Morgan fingerprint density at radius 1 is 0.933 bits per heavy atom.